The van der Waals surface area contributed by atoms with E-state index in [1.807, 2.05) is 0 Å². The summed E-state index contributed by atoms with van der Waals surface area (Å²) in [6.07, 6.45) is 1.43. The average molecular weight is 388 g/mol. The molecule has 1 aliphatic rings. The lowest BCUT2D eigenvalue weighted by Crippen LogP contribution is -2.34. The van der Waals surface area contributed by atoms with E-state index in [1.165, 1.54) is 11.0 Å². The molecule has 1 N–H and O–H groups in total. The quantitative estimate of drug-likeness (QED) is 0.628. The number of halogens is 2. The number of hydrogen-bond acceptors (Lipinski definition) is 4. The Balaban J connectivity index is 2.30. The van der Waals surface area contributed by atoms with Crippen molar-refractivity contribution in [1.29, 1.82) is 0 Å². The van der Waals surface area contributed by atoms with Crippen LogP contribution in [0, 0.1) is 5.92 Å². The van der Waals surface area contributed by atoms with Crippen LogP contribution in [0.4, 0.5) is 4.79 Å². The standard InChI is InChI=1S/C17H19Cl2NO5/c1-2-24-15(21)6-4-12-10-20(17(22)23)7-8-25-16(12)11-3-5-13(18)14(19)9-11/h3-6,9,12,16H,2,7-8,10H2,1H3,(H,22,23)/b6-4+/t12-,16+/m1/s1. The van der Waals surface area contributed by atoms with Crippen LogP contribution in [0.2, 0.25) is 10.0 Å². The van der Waals surface area contributed by atoms with Crippen molar-refractivity contribution in [3.8, 4) is 0 Å². The van der Waals surface area contributed by atoms with Crippen LogP contribution in [-0.4, -0.2) is 48.4 Å². The number of carboxylic acid groups (broad SMARTS) is 1. The molecule has 1 amide bonds. The summed E-state index contributed by atoms with van der Waals surface area (Å²) in [4.78, 5) is 24.2. The van der Waals surface area contributed by atoms with E-state index in [9.17, 15) is 14.7 Å². The number of esters is 1. The van der Waals surface area contributed by atoms with Crippen LogP contribution in [0.25, 0.3) is 0 Å². The van der Waals surface area contributed by atoms with Crippen molar-refractivity contribution in [1.82, 2.24) is 4.90 Å². The van der Waals surface area contributed by atoms with Gasteiger partial charge in [0.25, 0.3) is 0 Å². The first-order chi connectivity index (χ1) is 11.9. The molecule has 1 aromatic carbocycles. The largest absolute Gasteiger partial charge is 0.465 e. The molecular formula is C17H19Cl2NO5. The van der Waals surface area contributed by atoms with Gasteiger partial charge in [0, 0.05) is 25.1 Å². The number of carbonyl (C=O) groups is 2. The first-order valence-corrected chi connectivity index (χ1v) is 8.57. The minimum absolute atomic E-state index is 0.191. The molecule has 1 aromatic rings. The van der Waals surface area contributed by atoms with E-state index in [2.05, 4.69) is 0 Å². The molecule has 0 aliphatic carbocycles. The molecule has 6 nitrogen and oxygen atoms in total. The zero-order valence-corrected chi connectivity index (χ0v) is 15.2. The lowest BCUT2D eigenvalue weighted by Gasteiger charge is -2.24. The third-order valence-electron chi connectivity index (χ3n) is 3.79. The Labute approximate surface area is 155 Å². The summed E-state index contributed by atoms with van der Waals surface area (Å²) in [6, 6.07) is 5.13. The van der Waals surface area contributed by atoms with Gasteiger partial charge in [-0.05, 0) is 24.6 Å². The predicted molar refractivity (Wildman–Crippen MR) is 94.0 cm³/mol. The molecule has 0 aromatic heterocycles. The van der Waals surface area contributed by atoms with Gasteiger partial charge in [0.2, 0.25) is 0 Å². The molecular weight excluding hydrogens is 369 g/mol. The van der Waals surface area contributed by atoms with E-state index >= 15 is 0 Å². The number of rotatable bonds is 4. The second-order valence-electron chi connectivity index (χ2n) is 5.47. The molecule has 0 saturated carbocycles. The molecule has 1 saturated heterocycles. The summed E-state index contributed by atoms with van der Waals surface area (Å²) in [5.41, 5.74) is 0.764. The van der Waals surface area contributed by atoms with E-state index < -0.39 is 18.2 Å². The summed E-state index contributed by atoms with van der Waals surface area (Å²) >= 11 is 12.0. The fourth-order valence-electron chi connectivity index (χ4n) is 2.62. The van der Waals surface area contributed by atoms with E-state index in [1.54, 1.807) is 31.2 Å². The van der Waals surface area contributed by atoms with Gasteiger partial charge in [0.1, 0.15) is 0 Å². The fourth-order valence-corrected chi connectivity index (χ4v) is 2.92. The normalized spacial score (nSPS) is 21.2. The van der Waals surface area contributed by atoms with Crippen LogP contribution in [0.3, 0.4) is 0 Å². The van der Waals surface area contributed by atoms with Gasteiger partial charge in [-0.25, -0.2) is 9.59 Å². The van der Waals surface area contributed by atoms with E-state index in [4.69, 9.17) is 32.7 Å². The van der Waals surface area contributed by atoms with Crippen LogP contribution in [0.5, 0.6) is 0 Å². The first kappa shape index (κ1) is 19.6. The SMILES string of the molecule is CCOC(=O)/C=C/[C@@H]1CN(C(=O)O)CCO[C@H]1c1ccc(Cl)c(Cl)c1. The molecule has 2 rings (SSSR count). The Morgan fingerprint density at radius 3 is 2.80 bits per heavy atom. The smallest absolute Gasteiger partial charge is 0.407 e. The lowest BCUT2D eigenvalue weighted by molar-refractivity contribution is -0.137. The average Bonchev–Trinajstić information content (AvgIpc) is 2.78. The summed E-state index contributed by atoms with van der Waals surface area (Å²) in [6.45, 7) is 2.65. The van der Waals surface area contributed by atoms with Gasteiger partial charge in [-0.2, -0.15) is 0 Å². The van der Waals surface area contributed by atoms with Crippen LogP contribution in [0.1, 0.15) is 18.6 Å². The van der Waals surface area contributed by atoms with Gasteiger partial charge in [-0.1, -0.05) is 35.3 Å². The fraction of sp³-hybridized carbons (Fsp3) is 0.412. The zero-order valence-electron chi connectivity index (χ0n) is 13.7. The molecule has 0 unspecified atom stereocenters. The van der Waals surface area contributed by atoms with Gasteiger partial charge >= 0.3 is 12.1 Å². The van der Waals surface area contributed by atoms with Crippen molar-refractivity contribution in [2.24, 2.45) is 5.92 Å². The van der Waals surface area contributed by atoms with Crippen molar-refractivity contribution < 1.29 is 24.2 Å². The summed E-state index contributed by atoms with van der Waals surface area (Å²) in [7, 11) is 0. The summed E-state index contributed by atoms with van der Waals surface area (Å²) < 4.78 is 10.7. The number of amides is 1. The molecule has 2 atom stereocenters. The van der Waals surface area contributed by atoms with Crippen molar-refractivity contribution >= 4 is 35.3 Å². The third-order valence-corrected chi connectivity index (χ3v) is 4.53. The monoisotopic (exact) mass is 387 g/mol. The molecule has 25 heavy (non-hydrogen) atoms. The Hall–Kier alpha value is -1.76. The van der Waals surface area contributed by atoms with Crippen molar-refractivity contribution in [3.63, 3.8) is 0 Å². The number of carbonyl (C=O) groups excluding carboxylic acids is 1. The number of hydrogen-bond donors (Lipinski definition) is 1. The van der Waals surface area contributed by atoms with Crippen LogP contribution in [-0.2, 0) is 14.3 Å². The third kappa shape index (κ3) is 5.36. The van der Waals surface area contributed by atoms with Crippen molar-refractivity contribution in [2.45, 2.75) is 13.0 Å². The van der Waals surface area contributed by atoms with E-state index in [0.717, 1.165) is 5.56 Å². The van der Waals surface area contributed by atoms with Gasteiger partial charge in [0.15, 0.2) is 0 Å². The van der Waals surface area contributed by atoms with E-state index in [0.29, 0.717) is 10.0 Å². The van der Waals surface area contributed by atoms with Gasteiger partial charge in [0.05, 0.1) is 29.4 Å². The molecule has 8 heteroatoms. The maximum Gasteiger partial charge on any atom is 0.407 e. The molecule has 1 heterocycles. The van der Waals surface area contributed by atoms with Crippen molar-refractivity contribution in [2.75, 3.05) is 26.3 Å². The molecule has 0 spiro atoms. The summed E-state index contributed by atoms with van der Waals surface area (Å²) in [5, 5.41) is 10.1. The van der Waals surface area contributed by atoms with Gasteiger partial charge < -0.3 is 19.5 Å². The highest BCUT2D eigenvalue weighted by molar-refractivity contribution is 6.42. The van der Waals surface area contributed by atoms with Crippen LogP contribution >= 0.6 is 23.2 Å². The highest BCUT2D eigenvalue weighted by atomic mass is 35.5. The topological polar surface area (TPSA) is 76.1 Å². The van der Waals surface area contributed by atoms with Gasteiger partial charge in [-0.3, -0.25) is 0 Å². The molecule has 0 radical (unpaired) electrons. The Morgan fingerprint density at radius 1 is 1.40 bits per heavy atom. The van der Waals surface area contributed by atoms with Gasteiger partial charge in [-0.15, -0.1) is 0 Å². The van der Waals surface area contributed by atoms with Crippen LogP contribution < -0.4 is 0 Å². The minimum Gasteiger partial charge on any atom is -0.465 e. The second-order valence-corrected chi connectivity index (χ2v) is 6.28. The molecule has 136 valence electrons. The number of benzene rings is 1. The highest BCUT2D eigenvalue weighted by Gasteiger charge is 2.30. The van der Waals surface area contributed by atoms with Crippen LogP contribution in [0.15, 0.2) is 30.4 Å². The Kier molecular flexibility index (Phi) is 7.11. The number of ether oxygens (including phenoxy) is 2. The first-order valence-electron chi connectivity index (χ1n) is 7.81. The highest BCUT2D eigenvalue weighted by Crippen LogP contribution is 2.33. The van der Waals surface area contributed by atoms with Crippen molar-refractivity contribution in [3.05, 3.63) is 46.0 Å². The maximum atomic E-state index is 11.6. The minimum atomic E-state index is -1.03. The molecule has 1 aliphatic heterocycles. The summed E-state index contributed by atoms with van der Waals surface area (Å²) in [5.74, 6) is -0.859. The number of nitrogens with zero attached hydrogens (tertiary/aromatic N) is 1. The maximum absolute atomic E-state index is 11.6. The predicted octanol–water partition coefficient (Wildman–Crippen LogP) is 3.78. The molecule has 0 bridgehead atoms. The lowest BCUT2D eigenvalue weighted by atomic mass is 9.94. The zero-order chi connectivity index (χ0) is 18.4. The Bertz CT molecular complexity index is 664. The Morgan fingerprint density at radius 2 is 2.16 bits per heavy atom. The molecule has 1 fully saturated rings. The second kappa shape index (κ2) is 9.08. The van der Waals surface area contributed by atoms with E-state index in [-0.39, 0.29) is 32.2 Å².